The molecule has 1 atom stereocenters. The van der Waals surface area contributed by atoms with Crippen LogP contribution in [-0.2, 0) is 0 Å². The molecule has 0 aliphatic carbocycles. The Balaban J connectivity index is 2.68. The second-order valence-electron chi connectivity index (χ2n) is 4.41. The van der Waals surface area contributed by atoms with Crippen molar-refractivity contribution in [2.45, 2.75) is 32.8 Å². The average Bonchev–Trinajstić information content (AvgIpc) is 2.37. The van der Waals surface area contributed by atoms with E-state index in [2.05, 4.69) is 6.92 Å². The number of aliphatic hydroxyl groups is 1. The maximum absolute atomic E-state index is 13.5. The Kier molecular flexibility index (Phi) is 6.22. The van der Waals surface area contributed by atoms with Gasteiger partial charge >= 0.3 is 0 Å². The van der Waals surface area contributed by atoms with E-state index in [0.717, 1.165) is 32.0 Å². The van der Waals surface area contributed by atoms with Crippen molar-refractivity contribution in [3.05, 3.63) is 35.4 Å². The standard InChI is InChI=1S/C14H21F2NO/c1-3-5-9-17(4-2)10-13(18)11-7-6-8-12(15)14(11)16/h6-8,13,18H,3-5,9-10H2,1-2H3. The van der Waals surface area contributed by atoms with Gasteiger partial charge in [-0.25, -0.2) is 8.78 Å². The zero-order valence-electron chi connectivity index (χ0n) is 11.0. The molecule has 0 bridgehead atoms. The van der Waals surface area contributed by atoms with Gasteiger partial charge < -0.3 is 10.0 Å². The van der Waals surface area contributed by atoms with Gasteiger partial charge in [0.15, 0.2) is 11.6 Å². The molecule has 2 nitrogen and oxygen atoms in total. The molecule has 1 N–H and O–H groups in total. The van der Waals surface area contributed by atoms with E-state index in [-0.39, 0.29) is 5.56 Å². The summed E-state index contributed by atoms with van der Waals surface area (Å²) >= 11 is 0. The molecule has 102 valence electrons. The van der Waals surface area contributed by atoms with Crippen LogP contribution in [-0.4, -0.2) is 29.6 Å². The molecule has 0 saturated carbocycles. The van der Waals surface area contributed by atoms with Crippen LogP contribution in [0, 0.1) is 11.6 Å². The minimum atomic E-state index is -0.988. The van der Waals surface area contributed by atoms with Gasteiger partial charge in [-0.1, -0.05) is 32.4 Å². The largest absolute Gasteiger partial charge is 0.387 e. The summed E-state index contributed by atoms with van der Waals surface area (Å²) in [4.78, 5) is 2.04. The van der Waals surface area contributed by atoms with Crippen LogP contribution in [0.2, 0.25) is 0 Å². The lowest BCUT2D eigenvalue weighted by molar-refractivity contribution is 0.111. The van der Waals surface area contributed by atoms with E-state index in [9.17, 15) is 13.9 Å². The number of aliphatic hydroxyl groups excluding tert-OH is 1. The van der Waals surface area contributed by atoms with Crippen LogP contribution in [0.3, 0.4) is 0 Å². The lowest BCUT2D eigenvalue weighted by atomic mass is 10.1. The Hall–Kier alpha value is -1.00. The van der Waals surface area contributed by atoms with Crippen LogP contribution in [0.25, 0.3) is 0 Å². The molecule has 0 spiro atoms. The highest BCUT2D eigenvalue weighted by Gasteiger charge is 2.17. The van der Waals surface area contributed by atoms with E-state index in [0.29, 0.717) is 6.54 Å². The first-order valence-electron chi connectivity index (χ1n) is 6.44. The topological polar surface area (TPSA) is 23.5 Å². The van der Waals surface area contributed by atoms with E-state index in [1.807, 2.05) is 11.8 Å². The minimum absolute atomic E-state index is 0.0324. The lowest BCUT2D eigenvalue weighted by Crippen LogP contribution is -2.30. The first-order valence-corrected chi connectivity index (χ1v) is 6.44. The zero-order valence-corrected chi connectivity index (χ0v) is 11.0. The van der Waals surface area contributed by atoms with Gasteiger partial charge in [-0.3, -0.25) is 0 Å². The predicted octanol–water partition coefficient (Wildman–Crippen LogP) is 3.12. The van der Waals surface area contributed by atoms with Gasteiger partial charge in [0.1, 0.15) is 0 Å². The van der Waals surface area contributed by atoms with Gasteiger partial charge in [-0.2, -0.15) is 0 Å². The molecule has 1 aromatic carbocycles. The monoisotopic (exact) mass is 257 g/mol. The molecular weight excluding hydrogens is 236 g/mol. The Morgan fingerprint density at radius 2 is 2.00 bits per heavy atom. The summed E-state index contributed by atoms with van der Waals surface area (Å²) in [5, 5.41) is 9.98. The van der Waals surface area contributed by atoms with Crippen molar-refractivity contribution >= 4 is 0 Å². The van der Waals surface area contributed by atoms with Crippen molar-refractivity contribution < 1.29 is 13.9 Å². The summed E-state index contributed by atoms with van der Waals surface area (Å²) in [6, 6.07) is 3.90. The smallest absolute Gasteiger partial charge is 0.164 e. The molecule has 0 aliphatic rings. The quantitative estimate of drug-likeness (QED) is 0.811. The van der Waals surface area contributed by atoms with Gasteiger partial charge in [-0.15, -0.1) is 0 Å². The van der Waals surface area contributed by atoms with Gasteiger partial charge in [0.05, 0.1) is 6.10 Å². The molecular formula is C14H21F2NO. The number of hydrogen-bond acceptors (Lipinski definition) is 2. The molecule has 0 fully saturated rings. The van der Waals surface area contributed by atoms with E-state index < -0.39 is 17.7 Å². The molecule has 18 heavy (non-hydrogen) atoms. The Labute approximate surface area is 107 Å². The number of nitrogens with zero attached hydrogens (tertiary/aromatic N) is 1. The van der Waals surface area contributed by atoms with Crippen LogP contribution in [0.15, 0.2) is 18.2 Å². The highest BCUT2D eigenvalue weighted by Crippen LogP contribution is 2.20. The highest BCUT2D eigenvalue weighted by molar-refractivity contribution is 5.21. The zero-order chi connectivity index (χ0) is 13.5. The third-order valence-corrected chi connectivity index (χ3v) is 3.05. The third kappa shape index (κ3) is 4.03. The van der Waals surface area contributed by atoms with Crippen LogP contribution in [0.1, 0.15) is 38.4 Å². The van der Waals surface area contributed by atoms with Crippen molar-refractivity contribution in [3.63, 3.8) is 0 Å². The van der Waals surface area contributed by atoms with Gasteiger partial charge in [0.2, 0.25) is 0 Å². The van der Waals surface area contributed by atoms with Crippen molar-refractivity contribution in [2.75, 3.05) is 19.6 Å². The van der Waals surface area contributed by atoms with E-state index in [1.54, 1.807) is 0 Å². The van der Waals surface area contributed by atoms with Crippen molar-refractivity contribution in [2.24, 2.45) is 0 Å². The summed E-state index contributed by atoms with van der Waals surface area (Å²) < 4.78 is 26.6. The molecule has 0 aromatic heterocycles. The Morgan fingerprint density at radius 3 is 2.61 bits per heavy atom. The molecule has 0 heterocycles. The number of hydrogen-bond donors (Lipinski definition) is 1. The highest BCUT2D eigenvalue weighted by atomic mass is 19.2. The maximum atomic E-state index is 13.5. The van der Waals surface area contributed by atoms with Gasteiger partial charge in [0.25, 0.3) is 0 Å². The van der Waals surface area contributed by atoms with Crippen LogP contribution < -0.4 is 0 Å². The van der Waals surface area contributed by atoms with Crippen molar-refractivity contribution in [1.29, 1.82) is 0 Å². The van der Waals surface area contributed by atoms with E-state index in [4.69, 9.17) is 0 Å². The normalized spacial score (nSPS) is 13.0. The summed E-state index contributed by atoms with van der Waals surface area (Å²) in [6.07, 6.45) is 1.12. The van der Waals surface area contributed by atoms with Crippen LogP contribution >= 0.6 is 0 Å². The van der Waals surface area contributed by atoms with Crippen LogP contribution in [0.4, 0.5) is 8.78 Å². The molecule has 1 aromatic rings. The van der Waals surface area contributed by atoms with Crippen molar-refractivity contribution in [3.8, 4) is 0 Å². The second kappa shape index (κ2) is 7.44. The number of likely N-dealkylation sites (N-methyl/N-ethyl adjacent to an activating group) is 1. The second-order valence-corrected chi connectivity index (χ2v) is 4.41. The third-order valence-electron chi connectivity index (χ3n) is 3.05. The SMILES string of the molecule is CCCCN(CC)CC(O)c1cccc(F)c1F. The van der Waals surface area contributed by atoms with Gasteiger partial charge in [0, 0.05) is 12.1 Å². The first-order chi connectivity index (χ1) is 8.60. The first kappa shape index (κ1) is 15.1. The number of rotatable bonds is 7. The number of benzene rings is 1. The fourth-order valence-corrected chi connectivity index (χ4v) is 1.88. The molecule has 0 aliphatic heterocycles. The van der Waals surface area contributed by atoms with E-state index >= 15 is 0 Å². The fraction of sp³-hybridized carbons (Fsp3) is 0.571. The van der Waals surface area contributed by atoms with E-state index in [1.165, 1.54) is 12.1 Å². The average molecular weight is 257 g/mol. The van der Waals surface area contributed by atoms with Crippen molar-refractivity contribution in [1.82, 2.24) is 4.90 Å². The van der Waals surface area contributed by atoms with Gasteiger partial charge in [-0.05, 0) is 25.6 Å². The molecule has 0 radical (unpaired) electrons. The summed E-state index contributed by atoms with van der Waals surface area (Å²) in [6.45, 7) is 6.06. The summed E-state index contributed by atoms with van der Waals surface area (Å²) in [7, 11) is 0. The fourth-order valence-electron chi connectivity index (χ4n) is 1.88. The Bertz CT molecular complexity index is 371. The molecule has 0 saturated heterocycles. The number of halogens is 2. The Morgan fingerprint density at radius 1 is 1.28 bits per heavy atom. The molecule has 0 amide bonds. The summed E-state index contributed by atoms with van der Waals surface area (Å²) in [5.74, 6) is -1.86. The molecule has 1 rings (SSSR count). The number of unbranched alkanes of at least 4 members (excludes halogenated alkanes) is 1. The maximum Gasteiger partial charge on any atom is 0.164 e. The molecule has 4 heteroatoms. The summed E-state index contributed by atoms with van der Waals surface area (Å²) in [5.41, 5.74) is 0.0324. The van der Waals surface area contributed by atoms with Crippen LogP contribution in [0.5, 0.6) is 0 Å². The molecule has 1 unspecified atom stereocenters. The lowest BCUT2D eigenvalue weighted by Gasteiger charge is -2.23. The predicted molar refractivity (Wildman–Crippen MR) is 68.3 cm³/mol. The minimum Gasteiger partial charge on any atom is -0.387 e.